The Balaban J connectivity index is 1.30. The van der Waals surface area contributed by atoms with Gasteiger partial charge in [0.2, 0.25) is 5.91 Å². The van der Waals surface area contributed by atoms with Gasteiger partial charge in [0.25, 0.3) is 11.8 Å². The number of amides is 4. The van der Waals surface area contributed by atoms with Gasteiger partial charge >= 0.3 is 6.09 Å². The van der Waals surface area contributed by atoms with Crippen LogP contribution < -0.4 is 10.7 Å². The molecule has 214 valence electrons. The van der Waals surface area contributed by atoms with Crippen molar-refractivity contribution in [3.8, 4) is 11.1 Å². The number of rotatable bonds is 7. The third-order valence-electron chi connectivity index (χ3n) is 7.23. The molecular formula is C28H25FN8O5. The van der Waals surface area contributed by atoms with E-state index < -0.39 is 36.0 Å². The topological polar surface area (TPSA) is 157 Å². The zero-order chi connectivity index (χ0) is 29.4. The van der Waals surface area contributed by atoms with Crippen LogP contribution in [0.1, 0.15) is 16.9 Å². The highest BCUT2D eigenvalue weighted by atomic mass is 19.1. The van der Waals surface area contributed by atoms with Crippen LogP contribution in [0.5, 0.6) is 0 Å². The van der Waals surface area contributed by atoms with Crippen molar-refractivity contribution in [1.29, 1.82) is 0 Å². The minimum Gasteiger partial charge on any atom is -0.446 e. The van der Waals surface area contributed by atoms with Gasteiger partial charge in [-0.05, 0) is 35.9 Å². The average Bonchev–Trinajstić information content (AvgIpc) is 3.71. The molecule has 2 aromatic heterocycles. The maximum atomic E-state index is 14.8. The lowest BCUT2D eigenvalue weighted by molar-refractivity contribution is -0.138. The van der Waals surface area contributed by atoms with Crippen molar-refractivity contribution in [2.45, 2.75) is 25.2 Å². The molecule has 0 unspecified atom stereocenters. The molecular weight excluding hydrogens is 547 g/mol. The van der Waals surface area contributed by atoms with Crippen molar-refractivity contribution in [1.82, 2.24) is 29.9 Å². The third kappa shape index (κ3) is 4.87. The second-order valence-electron chi connectivity index (χ2n) is 9.85. The second-order valence-corrected chi connectivity index (χ2v) is 9.85. The summed E-state index contributed by atoms with van der Waals surface area (Å²) in [5, 5.41) is 14.6. The number of alkyl halides is 1. The van der Waals surface area contributed by atoms with E-state index in [1.165, 1.54) is 10.9 Å². The van der Waals surface area contributed by atoms with Gasteiger partial charge in [0, 0.05) is 17.4 Å². The van der Waals surface area contributed by atoms with Gasteiger partial charge in [-0.25, -0.2) is 19.2 Å². The molecule has 4 aromatic rings. The van der Waals surface area contributed by atoms with Crippen molar-refractivity contribution in [3.05, 3.63) is 72.7 Å². The Morgan fingerprint density at radius 2 is 1.88 bits per heavy atom. The number of halogens is 1. The van der Waals surface area contributed by atoms with Gasteiger partial charge in [-0.15, -0.1) is 0 Å². The Morgan fingerprint density at radius 1 is 1.07 bits per heavy atom. The van der Waals surface area contributed by atoms with E-state index in [1.54, 1.807) is 60.8 Å². The molecule has 2 N–H and O–H groups in total. The van der Waals surface area contributed by atoms with E-state index in [0.717, 1.165) is 26.0 Å². The standard InChI is InChI=1S/C28H25FN8O5/c29-19-13-23(27(40)37(20-4-2-1-3-5-20)36-10-11-42-28(36)41)34(15-19)24(38)16-35-22-7-6-17(18-8-9-31-32-14-18)12-21(22)25(33-35)26(30)39/h1-9,12,14,19,23H,10-11,13,15-16H2,(H2,30,39)/t19-,23+/m1/s1. The number of hydrogen-bond acceptors (Lipinski definition) is 8. The van der Waals surface area contributed by atoms with Crippen molar-refractivity contribution in [2.24, 2.45) is 5.73 Å². The lowest BCUT2D eigenvalue weighted by Crippen LogP contribution is -2.55. The summed E-state index contributed by atoms with van der Waals surface area (Å²) in [4.78, 5) is 53.3. The first kappa shape index (κ1) is 26.8. The molecule has 2 fully saturated rings. The predicted octanol–water partition coefficient (Wildman–Crippen LogP) is 1.93. The molecule has 4 heterocycles. The molecule has 2 saturated heterocycles. The third-order valence-corrected chi connectivity index (χ3v) is 7.23. The Bertz CT molecular complexity index is 1680. The number of nitrogens with zero attached hydrogens (tertiary/aromatic N) is 7. The summed E-state index contributed by atoms with van der Waals surface area (Å²) in [7, 11) is 0. The number of cyclic esters (lactones) is 1. The molecule has 14 heteroatoms. The van der Waals surface area contributed by atoms with Crippen molar-refractivity contribution in [2.75, 3.05) is 24.7 Å². The van der Waals surface area contributed by atoms with Crippen LogP contribution in [0.4, 0.5) is 14.9 Å². The van der Waals surface area contributed by atoms with E-state index in [2.05, 4.69) is 15.3 Å². The minimum absolute atomic E-state index is 0.0399. The Labute approximate surface area is 238 Å². The highest BCUT2D eigenvalue weighted by molar-refractivity contribution is 6.05. The van der Waals surface area contributed by atoms with Crippen molar-refractivity contribution >= 4 is 40.4 Å². The number of hydrazine groups is 1. The monoisotopic (exact) mass is 572 g/mol. The van der Waals surface area contributed by atoms with E-state index in [9.17, 15) is 23.6 Å². The van der Waals surface area contributed by atoms with Gasteiger partial charge in [0.1, 0.15) is 25.4 Å². The number of ether oxygens (including phenoxy) is 1. The van der Waals surface area contributed by atoms with E-state index in [1.807, 2.05) is 0 Å². The number of likely N-dealkylation sites (tertiary alicyclic amines) is 1. The molecule has 2 aromatic carbocycles. The van der Waals surface area contributed by atoms with Gasteiger partial charge in [-0.1, -0.05) is 24.3 Å². The fourth-order valence-corrected chi connectivity index (χ4v) is 5.30. The smallest absolute Gasteiger partial charge is 0.429 e. The van der Waals surface area contributed by atoms with Crippen LogP contribution in [-0.2, 0) is 20.9 Å². The summed E-state index contributed by atoms with van der Waals surface area (Å²) in [5.41, 5.74) is 7.87. The highest BCUT2D eigenvalue weighted by Gasteiger charge is 2.45. The quantitative estimate of drug-likeness (QED) is 0.352. The number of para-hydroxylation sites is 1. The fraction of sp³-hybridized carbons (Fsp3) is 0.250. The molecule has 13 nitrogen and oxygen atoms in total. The van der Waals surface area contributed by atoms with Crippen molar-refractivity contribution in [3.63, 3.8) is 0 Å². The number of carbonyl (C=O) groups excluding carboxylic acids is 4. The number of carbonyl (C=O) groups is 4. The molecule has 0 aliphatic carbocycles. The van der Waals surface area contributed by atoms with Gasteiger partial charge in [0.05, 0.1) is 36.7 Å². The van der Waals surface area contributed by atoms with Crippen LogP contribution in [0.2, 0.25) is 0 Å². The average molecular weight is 573 g/mol. The van der Waals surface area contributed by atoms with Crippen LogP contribution in [-0.4, -0.2) is 85.6 Å². The fourth-order valence-electron chi connectivity index (χ4n) is 5.30. The predicted molar refractivity (Wildman–Crippen MR) is 146 cm³/mol. The molecule has 0 spiro atoms. The van der Waals surface area contributed by atoms with Gasteiger partial charge < -0.3 is 15.4 Å². The molecule has 2 aliphatic heterocycles. The molecule has 0 radical (unpaired) electrons. The largest absolute Gasteiger partial charge is 0.446 e. The lowest BCUT2D eigenvalue weighted by Gasteiger charge is -2.34. The molecule has 0 bridgehead atoms. The van der Waals surface area contributed by atoms with Crippen LogP contribution in [0.15, 0.2) is 67.0 Å². The zero-order valence-electron chi connectivity index (χ0n) is 22.2. The van der Waals surface area contributed by atoms with Crippen LogP contribution >= 0.6 is 0 Å². The van der Waals surface area contributed by atoms with Crippen molar-refractivity contribution < 1.29 is 28.3 Å². The first-order valence-electron chi connectivity index (χ1n) is 13.2. The zero-order valence-corrected chi connectivity index (χ0v) is 22.2. The molecule has 2 aliphatic rings. The molecule has 2 atom stereocenters. The van der Waals surface area contributed by atoms with E-state index in [-0.39, 0.29) is 38.4 Å². The normalized spacial score (nSPS) is 18.4. The first-order valence-corrected chi connectivity index (χ1v) is 13.2. The number of nitrogens with two attached hydrogens (primary N) is 1. The van der Waals surface area contributed by atoms with Gasteiger partial charge in [-0.3, -0.25) is 19.1 Å². The maximum Gasteiger partial charge on any atom is 0.429 e. The molecule has 0 saturated carbocycles. The number of primary amides is 1. The Kier molecular flexibility index (Phi) is 6.94. The van der Waals surface area contributed by atoms with Crippen LogP contribution in [0.25, 0.3) is 22.0 Å². The van der Waals surface area contributed by atoms with E-state index >= 15 is 0 Å². The Hall–Kier alpha value is -5.40. The highest BCUT2D eigenvalue weighted by Crippen LogP contribution is 2.29. The number of aromatic nitrogens is 4. The molecule has 4 amide bonds. The summed E-state index contributed by atoms with van der Waals surface area (Å²) < 4.78 is 21.2. The number of benzene rings is 2. The number of anilines is 1. The summed E-state index contributed by atoms with van der Waals surface area (Å²) in [6.45, 7) is -0.495. The van der Waals surface area contributed by atoms with E-state index in [4.69, 9.17) is 10.5 Å². The van der Waals surface area contributed by atoms with Crippen LogP contribution in [0.3, 0.4) is 0 Å². The summed E-state index contributed by atoms with van der Waals surface area (Å²) in [6.07, 6.45) is 0.680. The number of fused-ring (bicyclic) bond motifs is 1. The summed E-state index contributed by atoms with van der Waals surface area (Å²) >= 11 is 0. The molecule has 42 heavy (non-hydrogen) atoms. The van der Waals surface area contributed by atoms with E-state index in [0.29, 0.717) is 16.6 Å². The van der Waals surface area contributed by atoms with Gasteiger partial charge in [-0.2, -0.15) is 15.3 Å². The lowest BCUT2D eigenvalue weighted by atomic mass is 10.0. The minimum atomic E-state index is -1.46. The SMILES string of the molecule is NC(=O)c1nn(CC(=O)N2C[C@H](F)C[C@H]2C(=O)N(c2ccccc2)N2CCOC2=O)c2ccc(-c3ccnnc3)cc12. The molecule has 6 rings (SSSR count). The van der Waals surface area contributed by atoms with Gasteiger partial charge in [0.15, 0.2) is 5.69 Å². The number of hydrogen-bond donors (Lipinski definition) is 1. The summed E-state index contributed by atoms with van der Waals surface area (Å²) in [5.74, 6) is -2.02. The second kappa shape index (κ2) is 10.9. The maximum absolute atomic E-state index is 14.8. The summed E-state index contributed by atoms with van der Waals surface area (Å²) in [6, 6.07) is 14.2. The van der Waals surface area contributed by atoms with Crippen LogP contribution in [0, 0.1) is 0 Å². The first-order chi connectivity index (χ1) is 20.3. The Morgan fingerprint density at radius 3 is 2.57 bits per heavy atom.